The molecule has 1 aliphatic rings. The molecular formula is C4H6N2O. The molecule has 1 atom stereocenters. The van der Waals surface area contributed by atoms with Gasteiger partial charge in [-0.1, -0.05) is 0 Å². The number of hydrogen-bond donors (Lipinski definition) is 1. The van der Waals surface area contributed by atoms with E-state index < -0.39 is 5.72 Å². The normalized spacial score (nSPS) is 37.4. The maximum absolute atomic E-state index is 8.85. The fraction of sp³-hybridized carbons (Fsp3) is 0.500. The van der Waals surface area contributed by atoms with Gasteiger partial charge in [-0.05, 0) is 13.0 Å². The monoisotopic (exact) mass is 98.0 g/mol. The number of rotatable bonds is 0. The van der Waals surface area contributed by atoms with Gasteiger partial charge < -0.3 is 5.11 Å². The molecule has 0 radical (unpaired) electrons. The molecule has 1 heterocycles. The van der Waals surface area contributed by atoms with Gasteiger partial charge in [-0.25, -0.2) is 0 Å². The molecular weight excluding hydrogens is 92.1 g/mol. The highest BCUT2D eigenvalue weighted by Gasteiger charge is 2.16. The van der Waals surface area contributed by atoms with Gasteiger partial charge in [0.1, 0.15) is 0 Å². The van der Waals surface area contributed by atoms with E-state index in [2.05, 4.69) is 10.2 Å². The van der Waals surface area contributed by atoms with Crippen LogP contribution in [0.1, 0.15) is 6.92 Å². The minimum Gasteiger partial charge on any atom is -0.365 e. The maximum Gasteiger partial charge on any atom is 0.194 e. The quantitative estimate of drug-likeness (QED) is 0.475. The smallest absolute Gasteiger partial charge is 0.194 e. The van der Waals surface area contributed by atoms with Gasteiger partial charge in [0.05, 0.1) is 6.20 Å². The Hall–Kier alpha value is -0.700. The molecule has 0 saturated heterocycles. The molecule has 0 aliphatic carbocycles. The summed E-state index contributed by atoms with van der Waals surface area (Å²) in [5.74, 6) is 0. The molecule has 0 aromatic heterocycles. The van der Waals surface area contributed by atoms with Crippen LogP contribution in [-0.4, -0.2) is 10.8 Å². The predicted molar refractivity (Wildman–Crippen MR) is 24.6 cm³/mol. The summed E-state index contributed by atoms with van der Waals surface area (Å²) in [6, 6.07) is 0. The van der Waals surface area contributed by atoms with Crippen LogP contribution < -0.4 is 0 Å². The van der Waals surface area contributed by atoms with Crippen molar-refractivity contribution >= 4 is 0 Å². The summed E-state index contributed by atoms with van der Waals surface area (Å²) >= 11 is 0. The van der Waals surface area contributed by atoms with Crippen molar-refractivity contribution in [3.05, 3.63) is 12.3 Å². The molecule has 0 amide bonds. The van der Waals surface area contributed by atoms with Crippen LogP contribution in [-0.2, 0) is 0 Å². The third kappa shape index (κ3) is 0.838. The predicted octanol–water partition coefficient (Wildman–Crippen LogP) is 0.674. The van der Waals surface area contributed by atoms with Crippen molar-refractivity contribution in [3.8, 4) is 0 Å². The summed E-state index contributed by atoms with van der Waals surface area (Å²) in [6.07, 6.45) is 2.99. The molecule has 1 unspecified atom stereocenters. The van der Waals surface area contributed by atoms with Gasteiger partial charge in [-0.3, -0.25) is 0 Å². The highest BCUT2D eigenvalue weighted by Crippen LogP contribution is 2.12. The van der Waals surface area contributed by atoms with Crippen LogP contribution in [0.4, 0.5) is 0 Å². The SMILES string of the molecule is CC1(O)C=CN=N1. The lowest BCUT2D eigenvalue weighted by atomic mass is 10.3. The molecule has 1 rings (SSSR count). The average molecular weight is 98.1 g/mol. The molecule has 1 N–H and O–H groups in total. The first-order valence-electron chi connectivity index (χ1n) is 2.03. The van der Waals surface area contributed by atoms with Crippen LogP contribution in [0, 0.1) is 0 Å². The minimum absolute atomic E-state index is 1.03. The second-order valence-electron chi connectivity index (χ2n) is 1.63. The Kier molecular flexibility index (Phi) is 0.722. The number of aliphatic hydroxyl groups is 1. The van der Waals surface area contributed by atoms with E-state index in [1.165, 1.54) is 12.3 Å². The van der Waals surface area contributed by atoms with Crippen molar-refractivity contribution < 1.29 is 5.11 Å². The first kappa shape index (κ1) is 4.46. The maximum atomic E-state index is 8.85. The molecule has 38 valence electrons. The van der Waals surface area contributed by atoms with Crippen molar-refractivity contribution in [3.63, 3.8) is 0 Å². The van der Waals surface area contributed by atoms with E-state index in [4.69, 9.17) is 5.11 Å². The van der Waals surface area contributed by atoms with Crippen molar-refractivity contribution in [2.75, 3.05) is 0 Å². The third-order valence-electron chi connectivity index (χ3n) is 0.717. The molecule has 1 aliphatic heterocycles. The van der Waals surface area contributed by atoms with Crippen LogP contribution in [0.3, 0.4) is 0 Å². The Morgan fingerprint density at radius 3 is 2.57 bits per heavy atom. The van der Waals surface area contributed by atoms with Gasteiger partial charge in [0.15, 0.2) is 5.72 Å². The van der Waals surface area contributed by atoms with Gasteiger partial charge in [0.2, 0.25) is 0 Å². The number of hydrogen-bond acceptors (Lipinski definition) is 3. The van der Waals surface area contributed by atoms with Crippen LogP contribution in [0.15, 0.2) is 22.5 Å². The third-order valence-corrected chi connectivity index (χ3v) is 0.717. The topological polar surface area (TPSA) is 45.0 Å². The van der Waals surface area contributed by atoms with E-state index in [1.807, 2.05) is 0 Å². The molecule has 0 fully saturated rings. The number of azo groups is 1. The first-order valence-corrected chi connectivity index (χ1v) is 2.03. The summed E-state index contributed by atoms with van der Waals surface area (Å²) in [7, 11) is 0. The molecule has 3 nitrogen and oxygen atoms in total. The lowest BCUT2D eigenvalue weighted by Crippen LogP contribution is -2.12. The van der Waals surface area contributed by atoms with E-state index >= 15 is 0 Å². The largest absolute Gasteiger partial charge is 0.365 e. The summed E-state index contributed by atoms with van der Waals surface area (Å²) in [6.45, 7) is 1.57. The highest BCUT2D eigenvalue weighted by atomic mass is 16.3. The molecule has 0 spiro atoms. The van der Waals surface area contributed by atoms with Crippen LogP contribution in [0.2, 0.25) is 0 Å². The second-order valence-corrected chi connectivity index (χ2v) is 1.63. The summed E-state index contributed by atoms with van der Waals surface area (Å²) in [5.41, 5.74) is -1.03. The van der Waals surface area contributed by atoms with E-state index in [9.17, 15) is 0 Å². The highest BCUT2D eigenvalue weighted by molar-refractivity contribution is 4.99. The summed E-state index contributed by atoms with van der Waals surface area (Å²) in [4.78, 5) is 0. The van der Waals surface area contributed by atoms with E-state index in [1.54, 1.807) is 6.92 Å². The van der Waals surface area contributed by atoms with E-state index in [0.29, 0.717) is 0 Å². The fourth-order valence-electron chi connectivity index (χ4n) is 0.358. The first-order chi connectivity index (χ1) is 3.21. The van der Waals surface area contributed by atoms with Crippen LogP contribution in [0.25, 0.3) is 0 Å². The van der Waals surface area contributed by atoms with Crippen molar-refractivity contribution in [2.24, 2.45) is 10.2 Å². The summed E-state index contributed by atoms with van der Waals surface area (Å²) < 4.78 is 0. The zero-order valence-electron chi connectivity index (χ0n) is 4.00. The van der Waals surface area contributed by atoms with E-state index in [-0.39, 0.29) is 0 Å². The average Bonchev–Trinajstić information content (AvgIpc) is 1.84. The van der Waals surface area contributed by atoms with Gasteiger partial charge in [-0.15, -0.1) is 5.11 Å². The Bertz CT molecular complexity index is 112. The van der Waals surface area contributed by atoms with Crippen LogP contribution >= 0.6 is 0 Å². The Morgan fingerprint density at radius 2 is 2.43 bits per heavy atom. The van der Waals surface area contributed by atoms with E-state index in [0.717, 1.165) is 0 Å². The molecule has 3 heteroatoms. The second kappa shape index (κ2) is 1.13. The number of nitrogens with zero attached hydrogens (tertiary/aromatic N) is 2. The lowest BCUT2D eigenvalue weighted by Gasteiger charge is -2.03. The standard InChI is InChI=1S/C4H6N2O/c1-4(7)2-3-5-6-4/h2-3,7H,1H3. The van der Waals surface area contributed by atoms with Crippen molar-refractivity contribution in [1.29, 1.82) is 0 Å². The Labute approximate surface area is 41.4 Å². The zero-order chi connectivity index (χ0) is 5.33. The lowest BCUT2D eigenvalue weighted by molar-refractivity contribution is 0.120. The Morgan fingerprint density at radius 1 is 1.71 bits per heavy atom. The zero-order valence-corrected chi connectivity index (χ0v) is 4.00. The fourth-order valence-corrected chi connectivity index (χ4v) is 0.358. The molecule has 0 aromatic rings. The summed E-state index contributed by atoms with van der Waals surface area (Å²) in [5, 5.41) is 15.7. The molecule has 0 bridgehead atoms. The van der Waals surface area contributed by atoms with Gasteiger partial charge in [0.25, 0.3) is 0 Å². The molecule has 0 saturated carbocycles. The van der Waals surface area contributed by atoms with Crippen molar-refractivity contribution in [1.82, 2.24) is 0 Å². The van der Waals surface area contributed by atoms with Crippen LogP contribution in [0.5, 0.6) is 0 Å². The minimum atomic E-state index is -1.03. The van der Waals surface area contributed by atoms with Gasteiger partial charge in [-0.2, -0.15) is 5.11 Å². The molecule has 0 aromatic carbocycles. The van der Waals surface area contributed by atoms with Crippen molar-refractivity contribution in [2.45, 2.75) is 12.6 Å². The molecule has 7 heavy (non-hydrogen) atoms. The van der Waals surface area contributed by atoms with Gasteiger partial charge in [0, 0.05) is 0 Å². The van der Waals surface area contributed by atoms with Gasteiger partial charge >= 0.3 is 0 Å². The Balaban J connectivity index is 2.77.